The first-order valence-electron chi connectivity index (χ1n) is 14.8. The zero-order valence-corrected chi connectivity index (χ0v) is 27.1. The monoisotopic (exact) mass is 621 g/mol. The summed E-state index contributed by atoms with van der Waals surface area (Å²) in [7, 11) is -1.87. The Labute approximate surface area is 260 Å². The Kier molecular flexibility index (Phi) is 12.3. The second-order valence-electron chi connectivity index (χ2n) is 11.0. The van der Waals surface area contributed by atoms with Gasteiger partial charge in [-0.05, 0) is 101 Å². The largest absolute Gasteiger partial charge is 0.461 e. The van der Waals surface area contributed by atoms with Gasteiger partial charge in [-0.2, -0.15) is 8.42 Å². The molecule has 1 heterocycles. The number of hydrogen-bond donors (Lipinski definition) is 3. The SMILES string of the molecule is CCCc1cc(NC=O)ccc1C(=O)Nc1ccc2oc(C)c(CCN(C)C(C)CC)c2c1.Cc1ccc(S(=O)(=O)O)cc1. The van der Waals surface area contributed by atoms with Crippen molar-refractivity contribution in [3.05, 3.63) is 88.7 Å². The molecular formula is C34H43N3O6S. The topological polar surface area (TPSA) is 129 Å². The van der Waals surface area contributed by atoms with E-state index in [0.717, 1.165) is 65.8 Å². The number of nitrogens with one attached hydrogen (secondary N) is 2. The van der Waals surface area contributed by atoms with Gasteiger partial charge in [-0.25, -0.2) is 0 Å². The third-order valence-electron chi connectivity index (χ3n) is 7.72. The van der Waals surface area contributed by atoms with E-state index in [9.17, 15) is 18.0 Å². The number of fused-ring (bicyclic) bond motifs is 1. The average Bonchev–Trinajstić information content (AvgIpc) is 3.29. The van der Waals surface area contributed by atoms with E-state index in [1.54, 1.807) is 24.3 Å². The van der Waals surface area contributed by atoms with E-state index in [0.29, 0.717) is 23.7 Å². The molecule has 0 bridgehead atoms. The van der Waals surface area contributed by atoms with Crippen molar-refractivity contribution >= 4 is 44.8 Å². The van der Waals surface area contributed by atoms with Crippen LogP contribution in [0.25, 0.3) is 11.0 Å². The molecule has 0 saturated heterocycles. The third kappa shape index (κ3) is 9.25. The average molecular weight is 622 g/mol. The van der Waals surface area contributed by atoms with Crippen LogP contribution in [0.15, 0.2) is 70.0 Å². The molecule has 4 rings (SSSR count). The number of aryl methyl sites for hydroxylation is 3. The highest BCUT2D eigenvalue weighted by molar-refractivity contribution is 7.85. The van der Waals surface area contributed by atoms with Crippen LogP contribution in [-0.2, 0) is 27.8 Å². The van der Waals surface area contributed by atoms with Gasteiger partial charge in [0.15, 0.2) is 0 Å². The molecule has 1 aromatic heterocycles. The van der Waals surface area contributed by atoms with Gasteiger partial charge < -0.3 is 20.0 Å². The van der Waals surface area contributed by atoms with Gasteiger partial charge in [0.1, 0.15) is 11.3 Å². The number of hydrogen-bond acceptors (Lipinski definition) is 6. The van der Waals surface area contributed by atoms with Crippen LogP contribution in [0.4, 0.5) is 11.4 Å². The summed E-state index contributed by atoms with van der Waals surface area (Å²) in [6, 6.07) is 17.7. The molecule has 1 unspecified atom stereocenters. The highest BCUT2D eigenvalue weighted by atomic mass is 32.2. The van der Waals surface area contributed by atoms with Crippen molar-refractivity contribution in [2.75, 3.05) is 24.2 Å². The van der Waals surface area contributed by atoms with Gasteiger partial charge in [-0.3, -0.25) is 14.1 Å². The molecule has 3 aromatic carbocycles. The van der Waals surface area contributed by atoms with Gasteiger partial charge in [0.05, 0.1) is 4.90 Å². The molecule has 0 aliphatic rings. The predicted octanol–water partition coefficient (Wildman–Crippen LogP) is 7.03. The summed E-state index contributed by atoms with van der Waals surface area (Å²) in [4.78, 5) is 26.2. The fourth-order valence-corrected chi connectivity index (χ4v) is 5.32. The van der Waals surface area contributed by atoms with Crippen molar-refractivity contribution in [3.8, 4) is 0 Å². The van der Waals surface area contributed by atoms with Gasteiger partial charge in [-0.15, -0.1) is 0 Å². The van der Waals surface area contributed by atoms with E-state index in [1.165, 1.54) is 17.7 Å². The number of rotatable bonds is 12. The van der Waals surface area contributed by atoms with E-state index < -0.39 is 10.1 Å². The molecule has 4 aromatic rings. The number of carbonyl (C=O) groups excluding carboxylic acids is 2. The number of anilines is 2. The third-order valence-corrected chi connectivity index (χ3v) is 8.59. The molecule has 0 aliphatic carbocycles. The fraction of sp³-hybridized carbons (Fsp3) is 0.353. The van der Waals surface area contributed by atoms with E-state index in [1.807, 2.05) is 38.1 Å². The molecular weight excluding hydrogens is 578 g/mol. The van der Waals surface area contributed by atoms with Crippen LogP contribution in [0.1, 0.15) is 66.4 Å². The van der Waals surface area contributed by atoms with Crippen LogP contribution in [-0.4, -0.2) is 49.8 Å². The van der Waals surface area contributed by atoms with Crippen LogP contribution in [0, 0.1) is 13.8 Å². The van der Waals surface area contributed by atoms with Crippen LogP contribution in [0.3, 0.4) is 0 Å². The zero-order valence-electron chi connectivity index (χ0n) is 26.3. The summed E-state index contributed by atoms with van der Waals surface area (Å²) < 4.78 is 35.5. The lowest BCUT2D eigenvalue weighted by Gasteiger charge is -2.23. The van der Waals surface area contributed by atoms with Crippen LogP contribution < -0.4 is 10.6 Å². The van der Waals surface area contributed by atoms with Crippen molar-refractivity contribution in [1.29, 1.82) is 0 Å². The minimum absolute atomic E-state index is 0.0666. The smallest absolute Gasteiger partial charge is 0.294 e. The first kappa shape index (κ1) is 34.5. The highest BCUT2D eigenvalue weighted by Gasteiger charge is 2.16. The van der Waals surface area contributed by atoms with Crippen LogP contribution >= 0.6 is 0 Å². The van der Waals surface area contributed by atoms with Crippen molar-refractivity contribution in [2.24, 2.45) is 0 Å². The summed E-state index contributed by atoms with van der Waals surface area (Å²) in [6.45, 7) is 11.3. The number of amides is 2. The van der Waals surface area contributed by atoms with Gasteiger partial charge in [0, 0.05) is 40.5 Å². The van der Waals surface area contributed by atoms with Crippen molar-refractivity contribution < 1.29 is 27.0 Å². The number of nitrogens with zero attached hydrogens (tertiary/aromatic N) is 1. The Morgan fingerprint density at radius 2 is 1.68 bits per heavy atom. The molecule has 0 spiro atoms. The lowest BCUT2D eigenvalue weighted by atomic mass is 10.0. The lowest BCUT2D eigenvalue weighted by Crippen LogP contribution is -2.30. The molecule has 0 radical (unpaired) electrons. The minimum Gasteiger partial charge on any atom is -0.461 e. The molecule has 0 saturated carbocycles. The van der Waals surface area contributed by atoms with Gasteiger partial charge in [0.25, 0.3) is 16.0 Å². The molecule has 2 amide bonds. The Hall–Kier alpha value is -3.99. The van der Waals surface area contributed by atoms with Gasteiger partial charge in [0.2, 0.25) is 6.41 Å². The van der Waals surface area contributed by atoms with Crippen LogP contribution in [0.5, 0.6) is 0 Å². The molecule has 0 aliphatic heterocycles. The molecule has 236 valence electrons. The van der Waals surface area contributed by atoms with Crippen molar-refractivity contribution in [2.45, 2.75) is 71.2 Å². The molecule has 0 fully saturated rings. The fourth-order valence-electron chi connectivity index (χ4n) is 4.84. The molecule has 3 N–H and O–H groups in total. The maximum Gasteiger partial charge on any atom is 0.294 e. The summed E-state index contributed by atoms with van der Waals surface area (Å²) in [5.74, 6) is 0.767. The quantitative estimate of drug-likeness (QED) is 0.114. The summed E-state index contributed by atoms with van der Waals surface area (Å²) >= 11 is 0. The number of likely N-dealkylation sites (N-methyl/N-ethyl adjacent to an activating group) is 1. The number of benzene rings is 3. The van der Waals surface area contributed by atoms with Gasteiger partial charge >= 0.3 is 0 Å². The summed E-state index contributed by atoms with van der Waals surface area (Å²) in [5.41, 5.74) is 5.94. The summed E-state index contributed by atoms with van der Waals surface area (Å²) in [5, 5.41) is 6.75. The highest BCUT2D eigenvalue weighted by Crippen LogP contribution is 2.29. The molecule has 44 heavy (non-hydrogen) atoms. The van der Waals surface area contributed by atoms with E-state index in [-0.39, 0.29) is 10.8 Å². The number of carbonyl (C=O) groups is 2. The Balaban J connectivity index is 0.000000404. The van der Waals surface area contributed by atoms with E-state index in [4.69, 9.17) is 8.97 Å². The maximum absolute atomic E-state index is 13.1. The number of furan rings is 1. The standard InChI is InChI=1S/C27H35N3O3.C7H8O3S/c1-6-8-20-15-21(28-17-31)9-11-24(20)27(32)29-22-10-12-26-25(16-22)23(19(4)33-26)13-14-30(5)18(3)7-2;1-6-2-4-7(5-3-6)11(8,9)10/h9-12,15-18H,6-8,13-14H2,1-5H3,(H,28,31)(H,29,32);2-5H,1H3,(H,8,9,10). The van der Waals surface area contributed by atoms with Crippen molar-refractivity contribution in [3.63, 3.8) is 0 Å². The molecule has 9 nitrogen and oxygen atoms in total. The second kappa shape index (κ2) is 15.7. The first-order valence-corrected chi connectivity index (χ1v) is 16.2. The molecule has 1 atom stereocenters. The van der Waals surface area contributed by atoms with E-state index >= 15 is 0 Å². The zero-order chi connectivity index (χ0) is 32.4. The predicted molar refractivity (Wildman–Crippen MR) is 176 cm³/mol. The Morgan fingerprint density at radius 1 is 1.00 bits per heavy atom. The normalized spacial score (nSPS) is 12.0. The van der Waals surface area contributed by atoms with Crippen LogP contribution in [0.2, 0.25) is 0 Å². The molecule has 10 heteroatoms. The summed E-state index contributed by atoms with van der Waals surface area (Å²) in [6.07, 6.45) is 4.31. The Bertz CT molecular complexity index is 1680. The van der Waals surface area contributed by atoms with E-state index in [2.05, 4.69) is 43.4 Å². The minimum atomic E-state index is -4.02. The first-order chi connectivity index (χ1) is 20.9. The second-order valence-corrected chi connectivity index (χ2v) is 12.4. The maximum atomic E-state index is 13.1. The lowest BCUT2D eigenvalue weighted by molar-refractivity contribution is -0.105. The Morgan fingerprint density at radius 3 is 2.30 bits per heavy atom. The van der Waals surface area contributed by atoms with Crippen molar-refractivity contribution in [1.82, 2.24) is 4.90 Å². The van der Waals surface area contributed by atoms with Gasteiger partial charge in [-0.1, -0.05) is 38.0 Å².